The van der Waals surface area contributed by atoms with Gasteiger partial charge in [0.05, 0.1) is 19.8 Å². The third-order valence-corrected chi connectivity index (χ3v) is 2.96. The Kier molecular flexibility index (Phi) is 7.20. The minimum absolute atomic E-state index is 0.234. The van der Waals surface area contributed by atoms with Gasteiger partial charge in [-0.15, -0.1) is 0 Å². The molecular formula is C18H21FO4. The van der Waals surface area contributed by atoms with Crippen molar-refractivity contribution in [3.05, 3.63) is 54.3 Å². The van der Waals surface area contributed by atoms with Crippen LogP contribution in [0.3, 0.4) is 0 Å². The highest BCUT2D eigenvalue weighted by Crippen LogP contribution is 2.26. The van der Waals surface area contributed by atoms with E-state index in [4.69, 9.17) is 18.9 Å². The molecule has 0 saturated heterocycles. The summed E-state index contributed by atoms with van der Waals surface area (Å²) in [5, 5.41) is 0. The van der Waals surface area contributed by atoms with Crippen molar-refractivity contribution < 1.29 is 23.3 Å². The smallest absolute Gasteiger partial charge is 0.165 e. The minimum atomic E-state index is -0.372. The summed E-state index contributed by atoms with van der Waals surface area (Å²) in [6, 6.07) is 13.8. The van der Waals surface area contributed by atoms with Crippen LogP contribution in [0.25, 0.3) is 0 Å². The van der Waals surface area contributed by atoms with E-state index in [0.717, 1.165) is 5.75 Å². The summed E-state index contributed by atoms with van der Waals surface area (Å²) in [7, 11) is 0. The van der Waals surface area contributed by atoms with E-state index in [0.29, 0.717) is 32.2 Å². The Hall–Kier alpha value is -2.27. The molecule has 2 rings (SSSR count). The van der Waals surface area contributed by atoms with E-state index in [1.54, 1.807) is 18.2 Å². The Balaban J connectivity index is 1.60. The third kappa shape index (κ3) is 5.79. The fraction of sp³-hybridized carbons (Fsp3) is 0.333. The van der Waals surface area contributed by atoms with Crippen LogP contribution in [-0.4, -0.2) is 33.0 Å². The zero-order chi connectivity index (χ0) is 16.3. The summed E-state index contributed by atoms with van der Waals surface area (Å²) >= 11 is 0. The van der Waals surface area contributed by atoms with Gasteiger partial charge in [0, 0.05) is 0 Å². The SMILES string of the molecule is CCOc1ccccc1OCCOCCOc1ccccc1F. The zero-order valence-electron chi connectivity index (χ0n) is 13.2. The van der Waals surface area contributed by atoms with Crippen LogP contribution in [0.2, 0.25) is 0 Å². The molecule has 0 amide bonds. The Bertz CT molecular complexity index is 589. The molecule has 0 aliphatic carbocycles. The molecule has 5 heteroatoms. The van der Waals surface area contributed by atoms with Gasteiger partial charge < -0.3 is 18.9 Å². The van der Waals surface area contributed by atoms with E-state index in [9.17, 15) is 4.39 Å². The van der Waals surface area contributed by atoms with Crippen LogP contribution < -0.4 is 14.2 Å². The van der Waals surface area contributed by atoms with Crippen LogP contribution in [-0.2, 0) is 4.74 Å². The molecule has 2 aromatic carbocycles. The molecule has 0 N–H and O–H groups in total. The average molecular weight is 320 g/mol. The van der Waals surface area contributed by atoms with Crippen molar-refractivity contribution in [1.29, 1.82) is 0 Å². The lowest BCUT2D eigenvalue weighted by Gasteiger charge is -2.12. The summed E-state index contributed by atoms with van der Waals surface area (Å²) in [5.41, 5.74) is 0. The lowest BCUT2D eigenvalue weighted by molar-refractivity contribution is 0.0746. The predicted octanol–water partition coefficient (Wildman–Crippen LogP) is 3.70. The molecule has 0 spiro atoms. The Labute approximate surface area is 135 Å². The van der Waals surface area contributed by atoms with E-state index in [1.807, 2.05) is 31.2 Å². The van der Waals surface area contributed by atoms with Gasteiger partial charge in [-0.25, -0.2) is 4.39 Å². The maximum absolute atomic E-state index is 13.3. The van der Waals surface area contributed by atoms with E-state index >= 15 is 0 Å². The van der Waals surface area contributed by atoms with Gasteiger partial charge in [-0.3, -0.25) is 0 Å². The lowest BCUT2D eigenvalue weighted by Crippen LogP contribution is -2.12. The van der Waals surface area contributed by atoms with Crippen molar-refractivity contribution in [3.63, 3.8) is 0 Å². The third-order valence-electron chi connectivity index (χ3n) is 2.96. The van der Waals surface area contributed by atoms with Crippen molar-refractivity contribution in [1.82, 2.24) is 0 Å². The summed E-state index contributed by atoms with van der Waals surface area (Å²) < 4.78 is 35.1. The molecule has 0 saturated carbocycles. The zero-order valence-corrected chi connectivity index (χ0v) is 13.2. The molecule has 0 heterocycles. The Morgan fingerprint density at radius 1 is 0.696 bits per heavy atom. The molecule has 0 aromatic heterocycles. The molecule has 23 heavy (non-hydrogen) atoms. The fourth-order valence-corrected chi connectivity index (χ4v) is 1.93. The molecular weight excluding hydrogens is 299 g/mol. The highest BCUT2D eigenvalue weighted by Gasteiger charge is 2.03. The number of hydrogen-bond acceptors (Lipinski definition) is 4. The van der Waals surface area contributed by atoms with Crippen LogP contribution >= 0.6 is 0 Å². The quantitative estimate of drug-likeness (QED) is 0.626. The maximum Gasteiger partial charge on any atom is 0.165 e. The largest absolute Gasteiger partial charge is 0.490 e. The van der Waals surface area contributed by atoms with Gasteiger partial charge in [-0.05, 0) is 31.2 Å². The van der Waals surface area contributed by atoms with E-state index in [1.165, 1.54) is 6.07 Å². The molecule has 0 fully saturated rings. The number of benzene rings is 2. The minimum Gasteiger partial charge on any atom is -0.490 e. The molecule has 0 atom stereocenters. The molecule has 2 aromatic rings. The monoisotopic (exact) mass is 320 g/mol. The highest BCUT2D eigenvalue weighted by molar-refractivity contribution is 5.39. The second-order valence-electron chi connectivity index (χ2n) is 4.62. The van der Waals surface area contributed by atoms with Crippen molar-refractivity contribution >= 4 is 0 Å². The van der Waals surface area contributed by atoms with Crippen molar-refractivity contribution in [2.45, 2.75) is 6.92 Å². The van der Waals surface area contributed by atoms with Gasteiger partial charge in [0.15, 0.2) is 23.1 Å². The van der Waals surface area contributed by atoms with Gasteiger partial charge in [-0.2, -0.15) is 0 Å². The number of rotatable bonds is 10. The maximum atomic E-state index is 13.3. The summed E-state index contributed by atoms with van der Waals surface area (Å²) in [5.74, 6) is 1.28. The van der Waals surface area contributed by atoms with Crippen LogP contribution in [0.5, 0.6) is 17.2 Å². The molecule has 0 unspecified atom stereocenters. The molecule has 4 nitrogen and oxygen atoms in total. The molecule has 0 radical (unpaired) electrons. The lowest BCUT2D eigenvalue weighted by atomic mass is 10.3. The van der Waals surface area contributed by atoms with Crippen LogP contribution in [0.15, 0.2) is 48.5 Å². The summed E-state index contributed by atoms with van der Waals surface area (Å²) in [6.07, 6.45) is 0. The van der Waals surface area contributed by atoms with Crippen molar-refractivity contribution in [2.75, 3.05) is 33.0 Å². The standard InChI is InChI=1S/C18H21FO4/c1-2-21-17-9-5-6-10-18(17)23-14-12-20-11-13-22-16-8-4-3-7-15(16)19/h3-10H,2,11-14H2,1H3. The van der Waals surface area contributed by atoms with Gasteiger partial charge in [0.2, 0.25) is 0 Å². The van der Waals surface area contributed by atoms with Gasteiger partial charge in [0.1, 0.15) is 13.2 Å². The van der Waals surface area contributed by atoms with Crippen LogP contribution in [0, 0.1) is 5.82 Å². The number of para-hydroxylation sites is 3. The molecule has 0 aliphatic heterocycles. The average Bonchev–Trinajstić information content (AvgIpc) is 2.57. The predicted molar refractivity (Wildman–Crippen MR) is 85.8 cm³/mol. The van der Waals surface area contributed by atoms with Gasteiger partial charge in [0.25, 0.3) is 0 Å². The van der Waals surface area contributed by atoms with Crippen molar-refractivity contribution in [3.8, 4) is 17.2 Å². The fourth-order valence-electron chi connectivity index (χ4n) is 1.93. The number of halogens is 1. The van der Waals surface area contributed by atoms with Crippen LogP contribution in [0.1, 0.15) is 6.92 Å². The molecule has 0 aliphatic rings. The Morgan fingerprint density at radius 2 is 1.22 bits per heavy atom. The first-order chi connectivity index (χ1) is 11.3. The topological polar surface area (TPSA) is 36.9 Å². The Morgan fingerprint density at radius 3 is 1.83 bits per heavy atom. The molecule has 0 bridgehead atoms. The first kappa shape index (κ1) is 17.1. The van der Waals surface area contributed by atoms with E-state index in [2.05, 4.69) is 0 Å². The number of ether oxygens (including phenoxy) is 4. The molecule has 124 valence electrons. The second-order valence-corrected chi connectivity index (χ2v) is 4.62. The first-order valence-corrected chi connectivity index (χ1v) is 7.61. The van der Waals surface area contributed by atoms with Gasteiger partial charge >= 0.3 is 0 Å². The number of hydrogen-bond donors (Lipinski definition) is 0. The summed E-state index contributed by atoms with van der Waals surface area (Å²) in [6.45, 7) is 3.99. The summed E-state index contributed by atoms with van der Waals surface area (Å²) in [4.78, 5) is 0. The van der Waals surface area contributed by atoms with Crippen molar-refractivity contribution in [2.24, 2.45) is 0 Å². The normalized spacial score (nSPS) is 10.3. The first-order valence-electron chi connectivity index (χ1n) is 7.61. The van der Waals surface area contributed by atoms with E-state index in [-0.39, 0.29) is 18.2 Å². The van der Waals surface area contributed by atoms with Crippen LogP contribution in [0.4, 0.5) is 4.39 Å². The highest BCUT2D eigenvalue weighted by atomic mass is 19.1. The van der Waals surface area contributed by atoms with E-state index < -0.39 is 0 Å². The second kappa shape index (κ2) is 9.69. The van der Waals surface area contributed by atoms with Gasteiger partial charge in [-0.1, -0.05) is 24.3 Å².